The Hall–Kier alpha value is -2.62. The smallest absolute Gasteiger partial charge is 0.422 e. The number of alkyl halides is 3. The number of ether oxygens (including phenoxy) is 1. The van der Waals surface area contributed by atoms with Crippen LogP contribution in [-0.2, 0) is 0 Å². The van der Waals surface area contributed by atoms with E-state index in [2.05, 4.69) is 20.6 Å². The first-order chi connectivity index (χ1) is 10.9. The Morgan fingerprint density at radius 2 is 1.91 bits per heavy atom. The number of hydrogen-bond donors (Lipinski definition) is 2. The van der Waals surface area contributed by atoms with Crippen molar-refractivity contribution in [2.75, 3.05) is 6.61 Å². The zero-order chi connectivity index (χ0) is 16.9. The lowest BCUT2D eigenvalue weighted by atomic mass is 10.2. The second-order valence-corrected chi connectivity index (χ2v) is 5.09. The van der Waals surface area contributed by atoms with Gasteiger partial charge >= 0.3 is 6.18 Å². The summed E-state index contributed by atoms with van der Waals surface area (Å²) < 4.78 is 41.0. The van der Waals surface area contributed by atoms with E-state index < -0.39 is 30.5 Å². The average molecular weight is 345 g/mol. The first-order valence-corrected chi connectivity index (χ1v) is 7.03. The van der Waals surface area contributed by atoms with Crippen LogP contribution in [-0.4, -0.2) is 29.6 Å². The highest BCUT2D eigenvalue weighted by atomic mass is 32.1. The second-order valence-electron chi connectivity index (χ2n) is 4.15. The molecule has 10 heteroatoms. The molecule has 0 aromatic carbocycles. The van der Waals surface area contributed by atoms with Crippen LogP contribution >= 0.6 is 11.3 Å². The molecule has 0 aliphatic rings. The molecule has 2 amide bonds. The first-order valence-electron chi connectivity index (χ1n) is 6.15. The predicted molar refractivity (Wildman–Crippen MR) is 75.0 cm³/mol. The van der Waals surface area contributed by atoms with Gasteiger partial charge in [0, 0.05) is 6.20 Å². The number of nitrogens with zero attached hydrogens (tertiary/aromatic N) is 1. The molecule has 0 spiro atoms. The van der Waals surface area contributed by atoms with Gasteiger partial charge in [-0.3, -0.25) is 20.4 Å². The van der Waals surface area contributed by atoms with E-state index in [-0.39, 0.29) is 5.56 Å². The van der Waals surface area contributed by atoms with Crippen molar-refractivity contribution in [1.82, 2.24) is 15.8 Å². The number of rotatable bonds is 4. The van der Waals surface area contributed by atoms with Gasteiger partial charge in [0.1, 0.15) is 5.56 Å². The largest absolute Gasteiger partial charge is 0.467 e. The molecule has 0 fully saturated rings. The molecule has 0 aliphatic heterocycles. The molecule has 2 N–H and O–H groups in total. The highest BCUT2D eigenvalue weighted by Gasteiger charge is 2.29. The normalized spacial score (nSPS) is 10.9. The van der Waals surface area contributed by atoms with Gasteiger partial charge in [0.15, 0.2) is 6.61 Å². The van der Waals surface area contributed by atoms with Crippen LogP contribution in [0.3, 0.4) is 0 Å². The summed E-state index contributed by atoms with van der Waals surface area (Å²) in [4.78, 5) is 27.6. The van der Waals surface area contributed by atoms with Gasteiger partial charge in [-0.05, 0) is 23.6 Å². The SMILES string of the molecule is O=C(NNC(=O)c1cccnc1OCC(F)(F)F)c1cccs1. The molecule has 6 nitrogen and oxygen atoms in total. The fourth-order valence-electron chi connectivity index (χ4n) is 1.48. The van der Waals surface area contributed by atoms with Gasteiger partial charge in [0.05, 0.1) is 4.88 Å². The Labute approximate surface area is 132 Å². The van der Waals surface area contributed by atoms with Crippen LogP contribution in [0.25, 0.3) is 0 Å². The molecular weight excluding hydrogens is 335 g/mol. The summed E-state index contributed by atoms with van der Waals surface area (Å²) in [6, 6.07) is 5.79. The van der Waals surface area contributed by atoms with E-state index in [0.717, 1.165) is 0 Å². The highest BCUT2D eigenvalue weighted by Crippen LogP contribution is 2.19. The summed E-state index contributed by atoms with van der Waals surface area (Å²) in [5.41, 5.74) is 4.01. The van der Waals surface area contributed by atoms with E-state index in [4.69, 9.17) is 0 Å². The molecule has 0 saturated carbocycles. The van der Waals surface area contributed by atoms with Crippen LogP contribution in [0.4, 0.5) is 13.2 Å². The number of hydrazine groups is 1. The number of halogens is 3. The van der Waals surface area contributed by atoms with Crippen molar-refractivity contribution < 1.29 is 27.5 Å². The maximum atomic E-state index is 12.2. The molecule has 0 unspecified atom stereocenters. The van der Waals surface area contributed by atoms with Gasteiger partial charge in [0.2, 0.25) is 5.88 Å². The van der Waals surface area contributed by atoms with Crippen LogP contribution in [0.5, 0.6) is 5.88 Å². The number of pyridine rings is 1. The molecule has 23 heavy (non-hydrogen) atoms. The Balaban J connectivity index is 2.00. The maximum Gasteiger partial charge on any atom is 0.422 e. The molecule has 0 radical (unpaired) electrons. The van der Waals surface area contributed by atoms with E-state index >= 15 is 0 Å². The highest BCUT2D eigenvalue weighted by molar-refractivity contribution is 7.12. The summed E-state index contributed by atoms with van der Waals surface area (Å²) in [6.07, 6.45) is -3.37. The summed E-state index contributed by atoms with van der Waals surface area (Å²) in [5, 5.41) is 1.68. The standard InChI is InChI=1S/C13H10F3N3O3S/c14-13(15,16)7-22-12-8(3-1-5-17-12)10(20)18-19-11(21)9-4-2-6-23-9/h1-6H,7H2,(H,18,20)(H,19,21). The lowest BCUT2D eigenvalue weighted by molar-refractivity contribution is -0.154. The molecule has 122 valence electrons. The van der Waals surface area contributed by atoms with Crippen molar-refractivity contribution in [1.29, 1.82) is 0 Å². The van der Waals surface area contributed by atoms with Gasteiger partial charge in [-0.1, -0.05) is 6.07 Å². The number of nitrogens with one attached hydrogen (secondary N) is 2. The zero-order valence-electron chi connectivity index (χ0n) is 11.4. The monoisotopic (exact) mass is 345 g/mol. The number of amides is 2. The van der Waals surface area contributed by atoms with Gasteiger partial charge in [-0.2, -0.15) is 13.2 Å². The molecule has 2 heterocycles. The van der Waals surface area contributed by atoms with Crippen molar-refractivity contribution in [2.45, 2.75) is 6.18 Å². The van der Waals surface area contributed by atoms with Crippen LogP contribution in [0.2, 0.25) is 0 Å². The molecule has 0 bridgehead atoms. The molecule has 0 saturated heterocycles. The van der Waals surface area contributed by atoms with Crippen molar-refractivity contribution in [3.05, 3.63) is 46.3 Å². The quantitative estimate of drug-likeness (QED) is 0.832. The summed E-state index contributed by atoms with van der Waals surface area (Å²) >= 11 is 1.17. The predicted octanol–water partition coefficient (Wildman–Crippen LogP) is 2.16. The number of carbonyl (C=O) groups excluding carboxylic acids is 2. The minimum absolute atomic E-state index is 0.233. The van der Waals surface area contributed by atoms with Crippen LogP contribution in [0, 0.1) is 0 Å². The Bertz CT molecular complexity index is 689. The first kappa shape index (κ1) is 16.7. The van der Waals surface area contributed by atoms with Gasteiger partial charge in [-0.15, -0.1) is 11.3 Å². The minimum Gasteiger partial charge on any atom is -0.467 e. The average Bonchev–Trinajstić information content (AvgIpc) is 3.04. The molecule has 0 atom stereocenters. The van der Waals surface area contributed by atoms with Crippen molar-refractivity contribution in [2.24, 2.45) is 0 Å². The molecule has 0 aliphatic carbocycles. The van der Waals surface area contributed by atoms with E-state index in [1.165, 1.54) is 29.7 Å². The van der Waals surface area contributed by atoms with E-state index in [1.54, 1.807) is 17.5 Å². The van der Waals surface area contributed by atoms with Crippen LogP contribution < -0.4 is 15.6 Å². The zero-order valence-corrected chi connectivity index (χ0v) is 12.2. The van der Waals surface area contributed by atoms with Crippen molar-refractivity contribution in [3.63, 3.8) is 0 Å². The number of hydrogen-bond acceptors (Lipinski definition) is 5. The third kappa shape index (κ3) is 4.95. The lowest BCUT2D eigenvalue weighted by Gasteiger charge is -2.12. The number of carbonyl (C=O) groups is 2. The Morgan fingerprint density at radius 3 is 2.57 bits per heavy atom. The Morgan fingerprint density at radius 1 is 1.17 bits per heavy atom. The topological polar surface area (TPSA) is 80.3 Å². The fraction of sp³-hybridized carbons (Fsp3) is 0.154. The molecule has 2 aromatic heterocycles. The fourth-order valence-corrected chi connectivity index (χ4v) is 2.10. The second kappa shape index (κ2) is 7.09. The van der Waals surface area contributed by atoms with E-state index in [0.29, 0.717) is 4.88 Å². The van der Waals surface area contributed by atoms with Gasteiger partial charge in [0.25, 0.3) is 11.8 Å². The van der Waals surface area contributed by atoms with Crippen molar-refractivity contribution >= 4 is 23.2 Å². The van der Waals surface area contributed by atoms with Crippen LogP contribution in [0.1, 0.15) is 20.0 Å². The summed E-state index contributed by atoms with van der Waals surface area (Å²) in [5.74, 6) is -1.87. The summed E-state index contributed by atoms with van der Waals surface area (Å²) in [6.45, 7) is -1.58. The number of aromatic nitrogens is 1. The van der Waals surface area contributed by atoms with Crippen LogP contribution in [0.15, 0.2) is 35.8 Å². The third-order valence-corrected chi connectivity index (χ3v) is 3.29. The van der Waals surface area contributed by atoms with E-state index in [9.17, 15) is 22.8 Å². The number of thiophene rings is 1. The van der Waals surface area contributed by atoms with Crippen molar-refractivity contribution in [3.8, 4) is 5.88 Å². The molecular formula is C13H10F3N3O3S. The molecule has 2 aromatic rings. The van der Waals surface area contributed by atoms with Gasteiger partial charge in [-0.25, -0.2) is 4.98 Å². The third-order valence-electron chi connectivity index (χ3n) is 2.42. The maximum absolute atomic E-state index is 12.2. The summed E-state index contributed by atoms with van der Waals surface area (Å²) in [7, 11) is 0. The van der Waals surface area contributed by atoms with Gasteiger partial charge < -0.3 is 4.74 Å². The Kier molecular flexibility index (Phi) is 5.16. The van der Waals surface area contributed by atoms with E-state index in [1.807, 2.05) is 0 Å². The molecule has 2 rings (SSSR count). The minimum atomic E-state index is -4.56. The lowest BCUT2D eigenvalue weighted by Crippen LogP contribution is -2.41.